The van der Waals surface area contributed by atoms with Gasteiger partial charge >= 0.3 is 11.8 Å². The highest BCUT2D eigenvalue weighted by atomic mass is 19.4. The number of alkyl halides is 3. The van der Waals surface area contributed by atoms with Gasteiger partial charge in [-0.1, -0.05) is 24.3 Å². The Hall–Kier alpha value is -2.50. The van der Waals surface area contributed by atoms with Crippen molar-refractivity contribution in [2.75, 3.05) is 0 Å². The lowest BCUT2D eigenvalue weighted by Gasteiger charge is -2.09. The number of rotatable bonds is 2. The SMILES string of the molecule is O=c1cc(O)cc(/C=C/c2ccccc2C(F)(F)F)o1. The maximum absolute atomic E-state index is 12.8. The summed E-state index contributed by atoms with van der Waals surface area (Å²) in [5, 5.41) is 9.20. The molecule has 0 saturated carbocycles. The van der Waals surface area contributed by atoms with Crippen LogP contribution >= 0.6 is 0 Å². The van der Waals surface area contributed by atoms with Gasteiger partial charge in [0.25, 0.3) is 0 Å². The molecule has 1 aromatic carbocycles. The van der Waals surface area contributed by atoms with Crippen molar-refractivity contribution in [3.63, 3.8) is 0 Å². The molecule has 1 aromatic heterocycles. The lowest BCUT2D eigenvalue weighted by Crippen LogP contribution is -2.06. The van der Waals surface area contributed by atoms with Crippen molar-refractivity contribution in [1.82, 2.24) is 0 Å². The first kappa shape index (κ1) is 13.9. The quantitative estimate of drug-likeness (QED) is 0.916. The van der Waals surface area contributed by atoms with E-state index < -0.39 is 17.4 Å². The van der Waals surface area contributed by atoms with Crippen LogP contribution in [-0.2, 0) is 6.18 Å². The van der Waals surface area contributed by atoms with Gasteiger partial charge in [-0.3, -0.25) is 0 Å². The van der Waals surface area contributed by atoms with E-state index in [2.05, 4.69) is 0 Å². The predicted molar refractivity (Wildman–Crippen MR) is 67.0 cm³/mol. The zero-order valence-corrected chi connectivity index (χ0v) is 10.0. The molecule has 104 valence electrons. The number of benzene rings is 1. The maximum Gasteiger partial charge on any atom is 0.416 e. The van der Waals surface area contributed by atoms with Crippen LogP contribution in [-0.4, -0.2) is 5.11 Å². The van der Waals surface area contributed by atoms with Crippen LogP contribution in [0.5, 0.6) is 5.75 Å². The van der Waals surface area contributed by atoms with E-state index in [-0.39, 0.29) is 17.1 Å². The zero-order valence-electron chi connectivity index (χ0n) is 10.0. The Morgan fingerprint density at radius 2 is 1.80 bits per heavy atom. The topological polar surface area (TPSA) is 50.4 Å². The molecule has 3 nitrogen and oxygen atoms in total. The van der Waals surface area contributed by atoms with E-state index in [0.29, 0.717) is 0 Å². The summed E-state index contributed by atoms with van der Waals surface area (Å²) in [7, 11) is 0. The summed E-state index contributed by atoms with van der Waals surface area (Å²) < 4.78 is 43.0. The van der Waals surface area contributed by atoms with Gasteiger partial charge < -0.3 is 9.52 Å². The standard InChI is InChI=1S/C14H9F3O3/c15-14(16,17)12-4-2-1-3-9(12)5-6-11-7-10(18)8-13(19)20-11/h1-8,18H/b6-5+. The number of hydrogen-bond donors (Lipinski definition) is 1. The van der Waals surface area contributed by atoms with Gasteiger partial charge in [-0.25, -0.2) is 4.79 Å². The molecular formula is C14H9F3O3. The number of hydrogen-bond acceptors (Lipinski definition) is 3. The summed E-state index contributed by atoms with van der Waals surface area (Å²) in [4.78, 5) is 11.0. The van der Waals surface area contributed by atoms with Crippen LogP contribution in [0, 0.1) is 0 Å². The van der Waals surface area contributed by atoms with Gasteiger partial charge in [-0.2, -0.15) is 13.2 Å². The van der Waals surface area contributed by atoms with Crippen LogP contribution in [0.25, 0.3) is 12.2 Å². The second-order valence-electron chi connectivity index (χ2n) is 3.96. The van der Waals surface area contributed by atoms with Crippen molar-refractivity contribution < 1.29 is 22.7 Å². The van der Waals surface area contributed by atoms with E-state index in [9.17, 15) is 23.1 Å². The van der Waals surface area contributed by atoms with Crippen molar-refractivity contribution in [3.05, 3.63) is 63.7 Å². The fourth-order valence-electron chi connectivity index (χ4n) is 1.64. The molecule has 6 heteroatoms. The Kier molecular flexibility index (Phi) is 3.65. The number of halogens is 3. The third-order valence-corrected chi connectivity index (χ3v) is 2.47. The third-order valence-electron chi connectivity index (χ3n) is 2.47. The first-order valence-electron chi connectivity index (χ1n) is 5.55. The molecule has 0 spiro atoms. The Bertz CT molecular complexity index is 699. The summed E-state index contributed by atoms with van der Waals surface area (Å²) in [5.74, 6) is -0.350. The highest BCUT2D eigenvalue weighted by Crippen LogP contribution is 2.32. The van der Waals surface area contributed by atoms with E-state index in [1.165, 1.54) is 30.4 Å². The second kappa shape index (κ2) is 5.24. The highest BCUT2D eigenvalue weighted by molar-refractivity contribution is 5.69. The largest absolute Gasteiger partial charge is 0.508 e. The fourth-order valence-corrected chi connectivity index (χ4v) is 1.64. The Labute approximate surface area is 111 Å². The van der Waals surface area contributed by atoms with Crippen molar-refractivity contribution >= 4 is 12.2 Å². The molecule has 0 bridgehead atoms. The summed E-state index contributed by atoms with van der Waals surface area (Å²) in [6.45, 7) is 0. The van der Waals surface area contributed by atoms with Gasteiger partial charge in [0.05, 0.1) is 11.6 Å². The van der Waals surface area contributed by atoms with Crippen molar-refractivity contribution in [1.29, 1.82) is 0 Å². The average molecular weight is 282 g/mol. The molecule has 0 unspecified atom stereocenters. The minimum absolute atomic E-state index is 0.0352. The summed E-state index contributed by atoms with van der Waals surface area (Å²) in [5.41, 5.74) is -1.64. The second-order valence-corrected chi connectivity index (χ2v) is 3.96. The van der Waals surface area contributed by atoms with Gasteiger partial charge in [0.15, 0.2) is 0 Å². The van der Waals surface area contributed by atoms with Crippen LogP contribution in [0.2, 0.25) is 0 Å². The molecule has 1 heterocycles. The van der Waals surface area contributed by atoms with Crippen molar-refractivity contribution in [2.24, 2.45) is 0 Å². The smallest absolute Gasteiger partial charge is 0.416 e. The van der Waals surface area contributed by atoms with Crippen LogP contribution in [0.15, 0.2) is 45.6 Å². The van der Waals surface area contributed by atoms with Crippen LogP contribution in [0.3, 0.4) is 0 Å². The monoisotopic (exact) mass is 282 g/mol. The van der Waals surface area contributed by atoms with E-state index in [4.69, 9.17) is 4.42 Å². The molecule has 2 aromatic rings. The van der Waals surface area contributed by atoms with E-state index in [1.807, 2.05) is 0 Å². The van der Waals surface area contributed by atoms with Crippen LogP contribution in [0.1, 0.15) is 16.9 Å². The van der Waals surface area contributed by atoms with Gasteiger partial charge in [0.2, 0.25) is 0 Å². The molecule has 0 aliphatic carbocycles. The van der Waals surface area contributed by atoms with Gasteiger partial charge in [0.1, 0.15) is 11.5 Å². The molecule has 1 N–H and O–H groups in total. The molecule has 0 fully saturated rings. The van der Waals surface area contributed by atoms with Crippen LogP contribution < -0.4 is 5.63 Å². The highest BCUT2D eigenvalue weighted by Gasteiger charge is 2.32. The molecule has 20 heavy (non-hydrogen) atoms. The molecular weight excluding hydrogens is 273 g/mol. The average Bonchev–Trinajstić information content (AvgIpc) is 2.34. The summed E-state index contributed by atoms with van der Waals surface area (Å²) in [6.07, 6.45) is -2.12. The van der Waals surface area contributed by atoms with Crippen LogP contribution in [0.4, 0.5) is 13.2 Å². The lowest BCUT2D eigenvalue weighted by molar-refractivity contribution is -0.137. The Morgan fingerprint density at radius 3 is 2.45 bits per heavy atom. The molecule has 0 radical (unpaired) electrons. The predicted octanol–water partition coefficient (Wildman–Crippen LogP) is 3.53. The minimum Gasteiger partial charge on any atom is -0.508 e. The van der Waals surface area contributed by atoms with Crippen molar-refractivity contribution in [3.8, 4) is 5.75 Å². The van der Waals surface area contributed by atoms with E-state index in [0.717, 1.165) is 18.2 Å². The minimum atomic E-state index is -4.47. The molecule has 0 amide bonds. The molecule has 0 atom stereocenters. The van der Waals surface area contributed by atoms with E-state index in [1.54, 1.807) is 0 Å². The summed E-state index contributed by atoms with van der Waals surface area (Å²) >= 11 is 0. The Morgan fingerprint density at radius 1 is 1.10 bits per heavy atom. The molecule has 2 rings (SSSR count). The van der Waals surface area contributed by atoms with Gasteiger partial charge in [-0.05, 0) is 17.7 Å². The molecule has 0 saturated heterocycles. The number of aromatic hydroxyl groups is 1. The normalized spacial score (nSPS) is 11.9. The van der Waals surface area contributed by atoms with Gasteiger partial charge in [0, 0.05) is 6.07 Å². The van der Waals surface area contributed by atoms with Crippen molar-refractivity contribution in [2.45, 2.75) is 6.18 Å². The Balaban J connectivity index is 2.39. The zero-order chi connectivity index (χ0) is 14.8. The first-order valence-corrected chi connectivity index (χ1v) is 5.55. The van der Waals surface area contributed by atoms with E-state index >= 15 is 0 Å². The summed E-state index contributed by atoms with van der Waals surface area (Å²) in [6, 6.07) is 7.00. The first-order chi connectivity index (χ1) is 9.36. The third kappa shape index (κ3) is 3.28. The van der Waals surface area contributed by atoms with Gasteiger partial charge in [-0.15, -0.1) is 0 Å². The molecule has 0 aliphatic heterocycles. The maximum atomic E-state index is 12.8. The molecule has 0 aliphatic rings. The fraction of sp³-hybridized carbons (Fsp3) is 0.0714. The lowest BCUT2D eigenvalue weighted by atomic mass is 10.1.